The average Bonchev–Trinajstić information content (AvgIpc) is 3.64. The van der Waals surface area contributed by atoms with Crippen LogP contribution in [0.15, 0.2) is 54.6 Å². The van der Waals surface area contributed by atoms with Crippen LogP contribution < -0.4 is 21.1 Å². The molecule has 16 heteroatoms. The number of piperazine rings is 1. The first-order valence-electron chi connectivity index (χ1n) is 15.6. The van der Waals surface area contributed by atoms with E-state index in [0.29, 0.717) is 43.3 Å². The van der Waals surface area contributed by atoms with Crippen molar-refractivity contribution in [2.24, 2.45) is 0 Å². The third-order valence-electron chi connectivity index (χ3n) is 8.77. The molecule has 3 aromatic carbocycles. The number of amides is 5. The number of hydrazine groups is 1. The van der Waals surface area contributed by atoms with Gasteiger partial charge in [0.25, 0.3) is 5.91 Å². The molecule has 2 atom stereocenters. The molecule has 4 heterocycles. The van der Waals surface area contributed by atoms with Crippen LogP contribution in [-0.4, -0.2) is 87.0 Å². The number of nitrogens with zero attached hydrogens (tertiary/aromatic N) is 5. The number of carbonyl (C=O) groups excluding carboxylic acids is 4. The molecule has 50 heavy (non-hydrogen) atoms. The Kier molecular flexibility index (Phi) is 9.15. The quantitative estimate of drug-likeness (QED) is 0.232. The number of aromatic nitrogens is 1. The number of rotatable bonds is 8. The number of nitrogens with one attached hydrogen (secondary N) is 2. The van der Waals surface area contributed by atoms with Crippen molar-refractivity contribution >= 4 is 79.3 Å². The normalized spacial score (nSPS) is 18.7. The molecule has 0 bridgehead atoms. The Balaban J connectivity index is 1.20. The number of nitrogen functional groups attached to an aromatic ring is 1. The van der Waals surface area contributed by atoms with E-state index in [4.69, 9.17) is 40.1 Å². The van der Waals surface area contributed by atoms with E-state index in [1.54, 1.807) is 46.3 Å². The number of urea groups is 1. The average molecular weight is 734 g/mol. The topological polar surface area (TPSA) is 153 Å². The lowest BCUT2D eigenvalue weighted by atomic mass is 9.99. The molecule has 0 spiro atoms. The number of terminal acetylenes is 1. The second kappa shape index (κ2) is 13.7. The van der Waals surface area contributed by atoms with Crippen molar-refractivity contribution < 1.29 is 23.9 Å². The minimum atomic E-state index is -0.934. The summed E-state index contributed by atoms with van der Waals surface area (Å²) in [4.78, 5) is 61.6. The molecule has 3 aliphatic heterocycles. The number of para-hydroxylation sites is 1. The lowest BCUT2D eigenvalue weighted by Gasteiger charge is -2.46. The minimum Gasteiger partial charge on any atom is -0.482 e. The van der Waals surface area contributed by atoms with Crippen molar-refractivity contribution in [3.63, 3.8) is 0 Å². The van der Waals surface area contributed by atoms with Gasteiger partial charge in [0, 0.05) is 19.5 Å². The number of hydrogen-bond acceptors (Lipinski definition) is 9. The van der Waals surface area contributed by atoms with Crippen LogP contribution >= 0.6 is 34.5 Å². The SMILES string of the molecule is C#CCN(C(=O)NCc1ccc(Cl)c(Cl)c1)N1CC(=O)N2[C@@H](Cc3ccc4c(c3)NC(=O)CO4)C(=O)N(Cc3cccc4sc(N)nc34)C[C@@H]21. The van der Waals surface area contributed by atoms with E-state index in [1.165, 1.54) is 21.2 Å². The second-order valence-corrected chi connectivity index (χ2v) is 13.8. The Morgan fingerprint density at radius 2 is 1.96 bits per heavy atom. The molecular formula is C34H30Cl2N8O5S. The first-order valence-corrected chi connectivity index (χ1v) is 17.2. The molecule has 0 saturated carbocycles. The smallest absolute Gasteiger partial charge is 0.333 e. The van der Waals surface area contributed by atoms with Crippen LogP contribution in [0.25, 0.3) is 10.2 Å². The van der Waals surface area contributed by atoms with Gasteiger partial charge in [0.2, 0.25) is 11.8 Å². The molecule has 2 fully saturated rings. The maximum atomic E-state index is 14.4. The number of hydrogen-bond donors (Lipinski definition) is 3. The predicted octanol–water partition coefficient (Wildman–Crippen LogP) is 3.70. The van der Waals surface area contributed by atoms with Gasteiger partial charge in [-0.1, -0.05) is 64.7 Å². The fourth-order valence-electron chi connectivity index (χ4n) is 6.51. The van der Waals surface area contributed by atoms with E-state index in [-0.39, 0.29) is 63.5 Å². The lowest BCUT2D eigenvalue weighted by molar-refractivity contribution is -0.157. The highest BCUT2D eigenvalue weighted by atomic mass is 35.5. The molecule has 256 valence electrons. The van der Waals surface area contributed by atoms with Gasteiger partial charge in [0.1, 0.15) is 18.0 Å². The van der Waals surface area contributed by atoms with E-state index < -0.39 is 18.2 Å². The van der Waals surface area contributed by atoms with Crippen LogP contribution in [0.5, 0.6) is 5.75 Å². The molecule has 3 aliphatic rings. The van der Waals surface area contributed by atoms with Gasteiger partial charge in [-0.15, -0.1) is 6.42 Å². The van der Waals surface area contributed by atoms with E-state index in [9.17, 15) is 19.2 Å². The molecule has 4 N–H and O–H groups in total. The summed E-state index contributed by atoms with van der Waals surface area (Å²) >= 11 is 13.6. The number of carbonyl (C=O) groups is 4. The number of ether oxygens (including phenoxy) is 1. The van der Waals surface area contributed by atoms with Crippen molar-refractivity contribution in [3.8, 4) is 18.1 Å². The van der Waals surface area contributed by atoms with Crippen LogP contribution in [0.2, 0.25) is 10.0 Å². The van der Waals surface area contributed by atoms with Gasteiger partial charge in [0.15, 0.2) is 11.7 Å². The fourth-order valence-corrected chi connectivity index (χ4v) is 7.61. The molecule has 0 aliphatic carbocycles. The van der Waals surface area contributed by atoms with E-state index >= 15 is 0 Å². The summed E-state index contributed by atoms with van der Waals surface area (Å²) in [6.07, 6.45) is 5.15. The maximum absolute atomic E-state index is 14.4. The molecule has 1 aromatic heterocycles. The van der Waals surface area contributed by atoms with Crippen LogP contribution in [0, 0.1) is 12.3 Å². The lowest BCUT2D eigenvalue weighted by Crippen LogP contribution is -2.66. The summed E-state index contributed by atoms with van der Waals surface area (Å²) in [5.41, 5.74) is 9.41. The zero-order chi connectivity index (χ0) is 35.1. The summed E-state index contributed by atoms with van der Waals surface area (Å²) in [5, 5.41) is 9.73. The van der Waals surface area contributed by atoms with Crippen LogP contribution in [0.1, 0.15) is 16.7 Å². The largest absolute Gasteiger partial charge is 0.482 e. The number of nitrogens with two attached hydrogens (primary N) is 1. The summed E-state index contributed by atoms with van der Waals surface area (Å²) < 4.78 is 6.40. The van der Waals surface area contributed by atoms with Crippen molar-refractivity contribution in [2.75, 3.05) is 37.3 Å². The van der Waals surface area contributed by atoms with Gasteiger partial charge in [-0.05, 0) is 47.0 Å². The molecule has 2 saturated heterocycles. The Bertz CT molecular complexity index is 2090. The van der Waals surface area contributed by atoms with E-state index in [0.717, 1.165) is 10.3 Å². The van der Waals surface area contributed by atoms with Crippen molar-refractivity contribution in [1.82, 2.24) is 30.1 Å². The number of anilines is 2. The fraction of sp³-hybridized carbons (Fsp3) is 0.265. The molecule has 13 nitrogen and oxygen atoms in total. The summed E-state index contributed by atoms with van der Waals surface area (Å²) in [5.74, 6) is 2.14. The number of halogens is 2. The Labute approximate surface area is 300 Å². The van der Waals surface area contributed by atoms with Gasteiger partial charge >= 0.3 is 6.03 Å². The standard InChI is InChI=1S/C34H30Cl2N8O5S/c1-2-10-42(34(48)38-14-20-6-8-22(35)23(36)11-20)43-17-30(46)44-25(13-19-7-9-26-24(12-19)39-28(45)18-49-26)32(47)41(16-29(43)44)15-21-4-3-5-27-31(21)40-33(37)50-27/h1,3-9,11-12,25,29H,10,13-18H2,(H2,37,40)(H,38,48)(H,39,45)/t25-,29+/m0/s1. The number of benzene rings is 3. The predicted molar refractivity (Wildman–Crippen MR) is 189 cm³/mol. The highest BCUT2D eigenvalue weighted by Gasteiger charge is 2.52. The number of fused-ring (bicyclic) bond motifs is 3. The Morgan fingerprint density at radius 3 is 2.76 bits per heavy atom. The van der Waals surface area contributed by atoms with Gasteiger partial charge < -0.3 is 30.9 Å². The molecule has 5 amide bonds. The van der Waals surface area contributed by atoms with Gasteiger partial charge in [-0.2, -0.15) is 5.01 Å². The van der Waals surface area contributed by atoms with Crippen LogP contribution in [-0.2, 0) is 33.9 Å². The van der Waals surface area contributed by atoms with E-state index in [1.807, 2.05) is 18.2 Å². The minimum absolute atomic E-state index is 0.0885. The zero-order valence-electron chi connectivity index (χ0n) is 26.4. The third kappa shape index (κ3) is 6.48. The van der Waals surface area contributed by atoms with Crippen LogP contribution in [0.4, 0.5) is 15.6 Å². The van der Waals surface area contributed by atoms with Crippen molar-refractivity contribution in [3.05, 3.63) is 81.3 Å². The third-order valence-corrected chi connectivity index (χ3v) is 10.4. The van der Waals surface area contributed by atoms with Crippen LogP contribution in [0.3, 0.4) is 0 Å². The highest BCUT2D eigenvalue weighted by molar-refractivity contribution is 7.22. The van der Waals surface area contributed by atoms with Crippen molar-refractivity contribution in [2.45, 2.75) is 31.7 Å². The molecular weight excluding hydrogens is 703 g/mol. The maximum Gasteiger partial charge on any atom is 0.333 e. The Hall–Kier alpha value is -5.07. The zero-order valence-corrected chi connectivity index (χ0v) is 28.7. The monoisotopic (exact) mass is 732 g/mol. The van der Waals surface area contributed by atoms with Gasteiger partial charge in [-0.25, -0.2) is 14.8 Å². The highest BCUT2D eigenvalue weighted by Crippen LogP contribution is 2.34. The molecule has 0 radical (unpaired) electrons. The first-order chi connectivity index (χ1) is 24.1. The molecule has 0 unspecified atom stereocenters. The summed E-state index contributed by atoms with van der Waals surface area (Å²) in [7, 11) is 0. The molecule has 7 rings (SSSR count). The number of thiazole rings is 1. The van der Waals surface area contributed by atoms with Crippen molar-refractivity contribution in [1.29, 1.82) is 0 Å². The van der Waals surface area contributed by atoms with E-state index in [2.05, 4.69) is 21.5 Å². The Morgan fingerprint density at radius 1 is 1.14 bits per heavy atom. The molecule has 4 aromatic rings. The van der Waals surface area contributed by atoms with Gasteiger partial charge in [-0.3, -0.25) is 14.4 Å². The summed E-state index contributed by atoms with van der Waals surface area (Å²) in [6.45, 7) is -0.00255. The summed E-state index contributed by atoms with van der Waals surface area (Å²) in [6, 6.07) is 14.5. The van der Waals surface area contributed by atoms with Gasteiger partial charge in [0.05, 0.1) is 45.6 Å². The first kappa shape index (κ1) is 33.4. The second-order valence-electron chi connectivity index (χ2n) is 12.0.